The molecule has 1 heterocycles. The molecule has 0 saturated heterocycles. The van der Waals surface area contributed by atoms with Crippen LogP contribution in [0.4, 0.5) is 0 Å². The molecule has 4 nitrogen and oxygen atoms in total. The van der Waals surface area contributed by atoms with E-state index in [2.05, 4.69) is 18.9 Å². The SMILES string of the molecule is CCC(N)(CC)COCCn1cccn1. The van der Waals surface area contributed by atoms with Crippen LogP contribution in [0.2, 0.25) is 0 Å². The molecular weight excluding hydrogens is 190 g/mol. The van der Waals surface area contributed by atoms with Crippen molar-refractivity contribution in [3.05, 3.63) is 18.5 Å². The summed E-state index contributed by atoms with van der Waals surface area (Å²) in [5.74, 6) is 0. The van der Waals surface area contributed by atoms with Crippen LogP contribution in [-0.2, 0) is 11.3 Å². The average molecular weight is 211 g/mol. The van der Waals surface area contributed by atoms with Crippen molar-refractivity contribution in [2.75, 3.05) is 13.2 Å². The fourth-order valence-corrected chi connectivity index (χ4v) is 1.32. The van der Waals surface area contributed by atoms with E-state index in [0.717, 1.165) is 19.4 Å². The molecule has 0 bridgehead atoms. The zero-order valence-corrected chi connectivity index (χ0v) is 9.65. The second kappa shape index (κ2) is 5.88. The highest BCUT2D eigenvalue weighted by Crippen LogP contribution is 2.11. The minimum atomic E-state index is -0.163. The molecule has 1 aromatic rings. The minimum Gasteiger partial charge on any atom is -0.378 e. The van der Waals surface area contributed by atoms with Gasteiger partial charge in [-0.1, -0.05) is 13.8 Å². The van der Waals surface area contributed by atoms with E-state index in [4.69, 9.17) is 10.5 Å². The Morgan fingerprint density at radius 3 is 2.67 bits per heavy atom. The molecule has 0 aliphatic carbocycles. The summed E-state index contributed by atoms with van der Waals surface area (Å²) >= 11 is 0. The molecule has 0 radical (unpaired) electrons. The third kappa shape index (κ3) is 4.01. The van der Waals surface area contributed by atoms with Gasteiger partial charge in [-0.25, -0.2) is 0 Å². The maximum absolute atomic E-state index is 6.11. The lowest BCUT2D eigenvalue weighted by atomic mass is 9.96. The summed E-state index contributed by atoms with van der Waals surface area (Å²) in [6.07, 6.45) is 5.60. The summed E-state index contributed by atoms with van der Waals surface area (Å²) < 4.78 is 7.43. The number of aromatic nitrogens is 2. The van der Waals surface area contributed by atoms with Crippen molar-refractivity contribution >= 4 is 0 Å². The van der Waals surface area contributed by atoms with Gasteiger partial charge in [0.1, 0.15) is 0 Å². The topological polar surface area (TPSA) is 53.1 Å². The van der Waals surface area contributed by atoms with E-state index in [1.165, 1.54) is 0 Å². The van der Waals surface area contributed by atoms with E-state index in [9.17, 15) is 0 Å². The predicted molar refractivity (Wildman–Crippen MR) is 60.5 cm³/mol. The van der Waals surface area contributed by atoms with E-state index in [0.29, 0.717) is 13.2 Å². The molecule has 4 heteroatoms. The van der Waals surface area contributed by atoms with Crippen molar-refractivity contribution in [3.63, 3.8) is 0 Å². The van der Waals surface area contributed by atoms with Gasteiger partial charge < -0.3 is 10.5 Å². The van der Waals surface area contributed by atoms with E-state index in [-0.39, 0.29) is 5.54 Å². The van der Waals surface area contributed by atoms with Crippen molar-refractivity contribution in [2.45, 2.75) is 38.8 Å². The normalized spacial score (nSPS) is 11.9. The summed E-state index contributed by atoms with van der Waals surface area (Å²) in [5.41, 5.74) is 5.95. The van der Waals surface area contributed by atoms with Gasteiger partial charge in [-0.2, -0.15) is 5.10 Å². The highest BCUT2D eigenvalue weighted by atomic mass is 16.5. The molecule has 0 aliphatic rings. The Balaban J connectivity index is 2.16. The molecule has 1 aromatic heterocycles. The largest absolute Gasteiger partial charge is 0.378 e. The molecule has 2 N–H and O–H groups in total. The van der Waals surface area contributed by atoms with E-state index in [1.54, 1.807) is 6.20 Å². The van der Waals surface area contributed by atoms with Gasteiger partial charge in [0.15, 0.2) is 0 Å². The zero-order valence-electron chi connectivity index (χ0n) is 9.65. The van der Waals surface area contributed by atoms with E-state index >= 15 is 0 Å². The molecule has 0 atom stereocenters. The lowest BCUT2D eigenvalue weighted by Crippen LogP contribution is -2.43. The Morgan fingerprint density at radius 2 is 2.13 bits per heavy atom. The van der Waals surface area contributed by atoms with Crippen LogP contribution in [0.25, 0.3) is 0 Å². The van der Waals surface area contributed by atoms with E-state index < -0.39 is 0 Å². The lowest BCUT2D eigenvalue weighted by Gasteiger charge is -2.26. The monoisotopic (exact) mass is 211 g/mol. The van der Waals surface area contributed by atoms with Gasteiger partial charge in [-0.15, -0.1) is 0 Å². The number of rotatable bonds is 7. The summed E-state index contributed by atoms with van der Waals surface area (Å²) in [7, 11) is 0. The van der Waals surface area contributed by atoms with Gasteiger partial charge >= 0.3 is 0 Å². The van der Waals surface area contributed by atoms with Gasteiger partial charge in [-0.05, 0) is 18.9 Å². The van der Waals surface area contributed by atoms with Crippen molar-refractivity contribution in [3.8, 4) is 0 Å². The first kappa shape index (κ1) is 12.2. The fraction of sp³-hybridized carbons (Fsp3) is 0.727. The van der Waals surface area contributed by atoms with Crippen LogP contribution in [0.1, 0.15) is 26.7 Å². The molecule has 86 valence electrons. The van der Waals surface area contributed by atoms with E-state index in [1.807, 2.05) is 16.9 Å². The van der Waals surface area contributed by atoms with Crippen LogP contribution in [0.3, 0.4) is 0 Å². The van der Waals surface area contributed by atoms with Crippen molar-refractivity contribution in [1.82, 2.24) is 9.78 Å². The second-order valence-corrected chi connectivity index (χ2v) is 3.89. The summed E-state index contributed by atoms with van der Waals surface area (Å²) in [4.78, 5) is 0. The molecule has 0 fully saturated rings. The maximum atomic E-state index is 6.11. The van der Waals surface area contributed by atoms with Gasteiger partial charge in [0.2, 0.25) is 0 Å². The maximum Gasteiger partial charge on any atom is 0.0663 e. The standard InChI is InChI=1S/C11H21N3O/c1-3-11(12,4-2)10-15-9-8-14-7-5-6-13-14/h5-7H,3-4,8-10,12H2,1-2H3. The molecule has 0 spiro atoms. The smallest absolute Gasteiger partial charge is 0.0663 e. The molecule has 0 amide bonds. The Kier molecular flexibility index (Phi) is 4.78. The summed E-state index contributed by atoms with van der Waals surface area (Å²) in [5, 5.41) is 4.10. The highest BCUT2D eigenvalue weighted by Gasteiger charge is 2.19. The van der Waals surface area contributed by atoms with Crippen molar-refractivity contribution < 1.29 is 4.74 Å². The quantitative estimate of drug-likeness (QED) is 0.694. The first-order valence-corrected chi connectivity index (χ1v) is 5.54. The van der Waals surface area contributed by atoms with Gasteiger partial charge in [0.05, 0.1) is 19.8 Å². The van der Waals surface area contributed by atoms with Crippen LogP contribution in [-0.4, -0.2) is 28.5 Å². The molecule has 1 rings (SSSR count). The Morgan fingerprint density at radius 1 is 1.40 bits per heavy atom. The average Bonchev–Trinajstić information content (AvgIpc) is 2.77. The van der Waals surface area contributed by atoms with Crippen LogP contribution in [0.5, 0.6) is 0 Å². The number of hydrogen-bond acceptors (Lipinski definition) is 3. The molecule has 0 aromatic carbocycles. The Hall–Kier alpha value is -0.870. The van der Waals surface area contributed by atoms with Gasteiger partial charge in [0.25, 0.3) is 0 Å². The van der Waals surface area contributed by atoms with Crippen LogP contribution in [0.15, 0.2) is 18.5 Å². The molecule has 15 heavy (non-hydrogen) atoms. The minimum absolute atomic E-state index is 0.163. The number of hydrogen-bond donors (Lipinski definition) is 1. The lowest BCUT2D eigenvalue weighted by molar-refractivity contribution is 0.0740. The van der Waals surface area contributed by atoms with Crippen LogP contribution >= 0.6 is 0 Å². The van der Waals surface area contributed by atoms with Gasteiger partial charge in [-0.3, -0.25) is 4.68 Å². The number of nitrogens with zero attached hydrogens (tertiary/aromatic N) is 2. The fourth-order valence-electron chi connectivity index (χ4n) is 1.32. The van der Waals surface area contributed by atoms with Crippen molar-refractivity contribution in [1.29, 1.82) is 0 Å². The van der Waals surface area contributed by atoms with Crippen LogP contribution < -0.4 is 5.73 Å². The Bertz CT molecular complexity index is 255. The molecule has 0 saturated carbocycles. The Labute approximate surface area is 91.4 Å². The molecule has 0 aliphatic heterocycles. The predicted octanol–water partition coefficient (Wildman–Crippen LogP) is 1.42. The van der Waals surface area contributed by atoms with Crippen LogP contribution in [0, 0.1) is 0 Å². The third-order valence-electron chi connectivity index (χ3n) is 2.82. The zero-order chi connectivity index (χ0) is 11.1. The van der Waals surface area contributed by atoms with Crippen molar-refractivity contribution in [2.24, 2.45) is 5.73 Å². The summed E-state index contributed by atoms with van der Waals surface area (Å²) in [6, 6.07) is 1.91. The number of nitrogens with two attached hydrogens (primary N) is 1. The number of ether oxygens (including phenoxy) is 1. The summed E-state index contributed by atoms with van der Waals surface area (Å²) in [6.45, 7) is 6.28. The molecule has 0 unspecified atom stereocenters. The first-order chi connectivity index (χ1) is 7.20. The third-order valence-corrected chi connectivity index (χ3v) is 2.82. The second-order valence-electron chi connectivity index (χ2n) is 3.89. The first-order valence-electron chi connectivity index (χ1n) is 5.54. The molecular formula is C11H21N3O. The van der Waals surface area contributed by atoms with Gasteiger partial charge in [0, 0.05) is 17.9 Å². The highest BCUT2D eigenvalue weighted by molar-refractivity contribution is 4.80.